The average Bonchev–Trinajstić information content (AvgIpc) is 2.71. The van der Waals surface area contributed by atoms with Crippen LogP contribution in [-0.4, -0.2) is 11.0 Å². The van der Waals surface area contributed by atoms with E-state index >= 15 is 0 Å². The largest absolute Gasteiger partial charge is 0.310 e. The fourth-order valence-corrected chi connectivity index (χ4v) is 3.13. The Morgan fingerprint density at radius 2 is 2.05 bits per heavy atom. The van der Waals surface area contributed by atoms with Crippen LogP contribution in [0.15, 0.2) is 22.7 Å². The minimum absolute atomic E-state index is 0.499. The van der Waals surface area contributed by atoms with E-state index in [2.05, 4.69) is 72.1 Å². The van der Waals surface area contributed by atoms with Crippen molar-refractivity contribution in [3.8, 4) is 10.6 Å². The topological polar surface area (TPSA) is 24.9 Å². The second kappa shape index (κ2) is 6.16. The number of nitrogens with one attached hydrogen (secondary N) is 1. The summed E-state index contributed by atoms with van der Waals surface area (Å²) in [6.45, 7) is 9.40. The third-order valence-corrected chi connectivity index (χ3v) is 5.04. The Labute approximate surface area is 127 Å². The third-order valence-electron chi connectivity index (χ3n) is 2.98. The van der Waals surface area contributed by atoms with Crippen LogP contribution in [-0.2, 0) is 6.54 Å². The highest BCUT2D eigenvalue weighted by Gasteiger charge is 2.10. The molecule has 0 amide bonds. The molecular formula is C15H19BrN2S. The van der Waals surface area contributed by atoms with Gasteiger partial charge in [0.1, 0.15) is 5.01 Å². The SMILES string of the molecule is Cc1ccc(-c2nc(C)c(CNC(C)C)s2)cc1Br. The van der Waals surface area contributed by atoms with Gasteiger partial charge < -0.3 is 5.32 Å². The van der Waals surface area contributed by atoms with Gasteiger partial charge in [-0.05, 0) is 25.5 Å². The van der Waals surface area contributed by atoms with Gasteiger partial charge in [0.25, 0.3) is 0 Å². The van der Waals surface area contributed by atoms with Gasteiger partial charge in [0.15, 0.2) is 0 Å². The van der Waals surface area contributed by atoms with Crippen LogP contribution in [0.4, 0.5) is 0 Å². The normalized spacial score (nSPS) is 11.3. The minimum atomic E-state index is 0.499. The molecule has 0 fully saturated rings. The maximum absolute atomic E-state index is 4.69. The van der Waals surface area contributed by atoms with Gasteiger partial charge in [-0.1, -0.05) is 41.9 Å². The summed E-state index contributed by atoms with van der Waals surface area (Å²) in [4.78, 5) is 6.01. The number of nitrogens with zero attached hydrogens (tertiary/aromatic N) is 1. The Bertz CT molecular complexity index is 576. The summed E-state index contributed by atoms with van der Waals surface area (Å²) in [7, 11) is 0. The highest BCUT2D eigenvalue weighted by Crippen LogP contribution is 2.30. The molecule has 2 rings (SSSR count). The summed E-state index contributed by atoms with van der Waals surface area (Å²) in [5.41, 5.74) is 3.56. The summed E-state index contributed by atoms with van der Waals surface area (Å²) in [6.07, 6.45) is 0. The predicted octanol–water partition coefficient (Wildman–Crippen LogP) is 4.69. The number of hydrogen-bond acceptors (Lipinski definition) is 3. The lowest BCUT2D eigenvalue weighted by Gasteiger charge is -2.05. The fourth-order valence-electron chi connectivity index (χ4n) is 1.74. The Morgan fingerprint density at radius 3 is 2.68 bits per heavy atom. The first-order chi connectivity index (χ1) is 8.97. The van der Waals surface area contributed by atoms with Crippen molar-refractivity contribution in [2.75, 3.05) is 0 Å². The Morgan fingerprint density at radius 1 is 1.32 bits per heavy atom. The first kappa shape index (κ1) is 14.7. The number of hydrogen-bond donors (Lipinski definition) is 1. The zero-order valence-corrected chi connectivity index (χ0v) is 14.2. The van der Waals surface area contributed by atoms with Crippen LogP contribution >= 0.6 is 27.3 Å². The van der Waals surface area contributed by atoms with Crippen molar-refractivity contribution >= 4 is 27.3 Å². The molecule has 0 aliphatic heterocycles. The van der Waals surface area contributed by atoms with Gasteiger partial charge in [-0.25, -0.2) is 4.98 Å². The van der Waals surface area contributed by atoms with Crippen molar-refractivity contribution in [3.05, 3.63) is 38.8 Å². The monoisotopic (exact) mass is 338 g/mol. The molecule has 0 saturated carbocycles. The molecule has 1 N–H and O–H groups in total. The maximum atomic E-state index is 4.69. The molecule has 2 nitrogen and oxygen atoms in total. The van der Waals surface area contributed by atoms with Gasteiger partial charge in [-0.2, -0.15) is 0 Å². The van der Waals surface area contributed by atoms with Crippen molar-refractivity contribution in [2.45, 2.75) is 40.3 Å². The Kier molecular flexibility index (Phi) is 4.76. The number of aryl methyl sites for hydroxylation is 2. The van der Waals surface area contributed by atoms with Gasteiger partial charge in [0, 0.05) is 27.5 Å². The highest BCUT2D eigenvalue weighted by molar-refractivity contribution is 9.10. The highest BCUT2D eigenvalue weighted by atomic mass is 79.9. The molecule has 0 atom stereocenters. The third kappa shape index (κ3) is 3.65. The number of aromatic nitrogens is 1. The molecule has 1 heterocycles. The number of benzene rings is 1. The zero-order chi connectivity index (χ0) is 14.0. The van der Waals surface area contributed by atoms with Crippen molar-refractivity contribution in [2.24, 2.45) is 0 Å². The summed E-state index contributed by atoms with van der Waals surface area (Å²) in [5.74, 6) is 0. The second-order valence-corrected chi connectivity index (χ2v) is 6.97. The van der Waals surface area contributed by atoms with E-state index in [0.717, 1.165) is 21.7 Å². The molecule has 2 aromatic rings. The molecule has 4 heteroatoms. The van der Waals surface area contributed by atoms with E-state index in [9.17, 15) is 0 Å². The molecule has 0 unspecified atom stereocenters. The molecule has 1 aromatic carbocycles. The van der Waals surface area contributed by atoms with Gasteiger partial charge in [-0.15, -0.1) is 11.3 Å². The van der Waals surface area contributed by atoms with Gasteiger partial charge >= 0.3 is 0 Å². The van der Waals surface area contributed by atoms with Crippen LogP contribution in [0.3, 0.4) is 0 Å². The lowest BCUT2D eigenvalue weighted by atomic mass is 10.2. The van der Waals surface area contributed by atoms with Crippen molar-refractivity contribution in [1.29, 1.82) is 0 Å². The van der Waals surface area contributed by atoms with E-state index in [4.69, 9.17) is 0 Å². The summed E-state index contributed by atoms with van der Waals surface area (Å²) in [6, 6.07) is 6.91. The maximum Gasteiger partial charge on any atom is 0.123 e. The smallest absolute Gasteiger partial charge is 0.123 e. The van der Waals surface area contributed by atoms with Crippen LogP contribution in [0.25, 0.3) is 10.6 Å². The lowest BCUT2D eigenvalue weighted by molar-refractivity contribution is 0.591. The molecule has 0 aliphatic carbocycles. The van der Waals surface area contributed by atoms with E-state index in [1.54, 1.807) is 11.3 Å². The second-order valence-electron chi connectivity index (χ2n) is 5.03. The summed E-state index contributed by atoms with van der Waals surface area (Å²) < 4.78 is 1.14. The number of thiazole rings is 1. The van der Waals surface area contributed by atoms with E-state index in [-0.39, 0.29) is 0 Å². The fraction of sp³-hybridized carbons (Fsp3) is 0.400. The van der Waals surface area contributed by atoms with Crippen LogP contribution < -0.4 is 5.32 Å². The van der Waals surface area contributed by atoms with Crippen LogP contribution in [0, 0.1) is 13.8 Å². The number of halogens is 1. The molecule has 0 aliphatic rings. The molecule has 0 bridgehead atoms. The van der Waals surface area contributed by atoms with Crippen LogP contribution in [0.2, 0.25) is 0 Å². The zero-order valence-electron chi connectivity index (χ0n) is 11.7. The van der Waals surface area contributed by atoms with Crippen molar-refractivity contribution < 1.29 is 0 Å². The standard InChI is InChI=1S/C15H19BrN2S/c1-9(2)17-8-14-11(4)18-15(19-14)12-6-5-10(3)13(16)7-12/h5-7,9,17H,8H2,1-4H3. The first-order valence-corrected chi connectivity index (χ1v) is 8.04. The molecule has 0 radical (unpaired) electrons. The Hall–Kier alpha value is -0.710. The quantitative estimate of drug-likeness (QED) is 0.874. The molecule has 0 spiro atoms. The van der Waals surface area contributed by atoms with Gasteiger partial charge in [0.05, 0.1) is 5.69 Å². The van der Waals surface area contributed by atoms with Gasteiger partial charge in [-0.3, -0.25) is 0 Å². The summed E-state index contributed by atoms with van der Waals surface area (Å²) in [5, 5.41) is 4.55. The molecule has 102 valence electrons. The van der Waals surface area contributed by atoms with E-state index in [0.29, 0.717) is 6.04 Å². The molecular weight excluding hydrogens is 320 g/mol. The van der Waals surface area contributed by atoms with Gasteiger partial charge in [0.2, 0.25) is 0 Å². The first-order valence-electron chi connectivity index (χ1n) is 6.43. The minimum Gasteiger partial charge on any atom is -0.310 e. The molecule has 1 aromatic heterocycles. The average molecular weight is 339 g/mol. The van der Waals surface area contributed by atoms with E-state index < -0.39 is 0 Å². The summed E-state index contributed by atoms with van der Waals surface area (Å²) >= 11 is 5.36. The molecule has 0 saturated heterocycles. The molecule has 19 heavy (non-hydrogen) atoms. The predicted molar refractivity (Wildman–Crippen MR) is 86.7 cm³/mol. The van der Waals surface area contributed by atoms with Crippen molar-refractivity contribution in [1.82, 2.24) is 10.3 Å². The lowest BCUT2D eigenvalue weighted by Crippen LogP contribution is -2.21. The Balaban J connectivity index is 2.25. The van der Waals surface area contributed by atoms with E-state index in [1.165, 1.54) is 16.0 Å². The van der Waals surface area contributed by atoms with E-state index in [1.807, 2.05) is 0 Å². The number of rotatable bonds is 4. The van der Waals surface area contributed by atoms with Crippen molar-refractivity contribution in [3.63, 3.8) is 0 Å². The van der Waals surface area contributed by atoms with Crippen LogP contribution in [0.5, 0.6) is 0 Å². The van der Waals surface area contributed by atoms with Crippen LogP contribution in [0.1, 0.15) is 30.0 Å².